The van der Waals surface area contributed by atoms with E-state index in [9.17, 15) is 0 Å². The topological polar surface area (TPSA) is 91.0 Å². The van der Waals surface area contributed by atoms with Gasteiger partial charge in [-0.3, -0.25) is 0 Å². The minimum Gasteiger partial charge on any atom is -0.497 e. The molecule has 0 bridgehead atoms. The van der Waals surface area contributed by atoms with E-state index >= 15 is 0 Å². The number of aliphatic imine (C=N–C) groups is 1. The first-order chi connectivity index (χ1) is 13.2. The predicted octanol–water partition coefficient (Wildman–Crippen LogP) is 3.35. The van der Waals surface area contributed by atoms with Gasteiger partial charge in [-0.2, -0.15) is 0 Å². The van der Waals surface area contributed by atoms with Gasteiger partial charge < -0.3 is 25.3 Å². The van der Waals surface area contributed by atoms with Crippen LogP contribution in [0, 0.1) is 0 Å². The zero-order valence-corrected chi connectivity index (χ0v) is 15.8. The van der Waals surface area contributed by atoms with E-state index in [-0.39, 0.29) is 12.1 Å². The summed E-state index contributed by atoms with van der Waals surface area (Å²) < 4.78 is 16.5. The molecule has 7 heteroatoms. The van der Waals surface area contributed by atoms with Crippen LogP contribution in [0.3, 0.4) is 0 Å². The Balaban J connectivity index is 1.63. The molecule has 0 amide bonds. The van der Waals surface area contributed by atoms with E-state index in [0.29, 0.717) is 29.6 Å². The Labute approximate surface area is 159 Å². The van der Waals surface area contributed by atoms with Gasteiger partial charge in [0.05, 0.1) is 26.5 Å². The van der Waals surface area contributed by atoms with Crippen molar-refractivity contribution in [3.63, 3.8) is 0 Å². The van der Waals surface area contributed by atoms with E-state index in [2.05, 4.69) is 15.3 Å². The Morgan fingerprint density at radius 2 is 2.00 bits per heavy atom. The fourth-order valence-electron chi connectivity index (χ4n) is 3.06. The van der Waals surface area contributed by atoms with E-state index in [1.165, 1.54) is 12.8 Å². The summed E-state index contributed by atoms with van der Waals surface area (Å²) in [4.78, 5) is 8.69. The van der Waals surface area contributed by atoms with Crippen molar-refractivity contribution in [2.24, 2.45) is 10.7 Å². The van der Waals surface area contributed by atoms with Crippen LogP contribution in [0.5, 0.6) is 17.4 Å². The van der Waals surface area contributed by atoms with Gasteiger partial charge in [0.2, 0.25) is 5.88 Å². The van der Waals surface area contributed by atoms with Crippen molar-refractivity contribution < 1.29 is 14.2 Å². The van der Waals surface area contributed by atoms with E-state index < -0.39 is 0 Å². The average molecular weight is 370 g/mol. The van der Waals surface area contributed by atoms with Crippen LogP contribution in [0.15, 0.2) is 41.5 Å². The molecule has 2 aromatic rings. The molecule has 3 rings (SSSR count). The van der Waals surface area contributed by atoms with Gasteiger partial charge in [0, 0.05) is 18.3 Å². The molecule has 0 atom stereocenters. The highest BCUT2D eigenvalue weighted by Crippen LogP contribution is 2.28. The van der Waals surface area contributed by atoms with Crippen molar-refractivity contribution >= 4 is 11.6 Å². The number of anilines is 1. The van der Waals surface area contributed by atoms with Crippen molar-refractivity contribution in [3.05, 3.63) is 42.1 Å². The number of nitrogens with zero attached hydrogens (tertiary/aromatic N) is 2. The fraction of sp³-hybridized carbons (Fsp3) is 0.400. The van der Waals surface area contributed by atoms with Gasteiger partial charge in [-0.05, 0) is 49.4 Å². The molecule has 0 saturated heterocycles. The molecule has 0 radical (unpaired) electrons. The molecule has 1 fully saturated rings. The monoisotopic (exact) mass is 370 g/mol. The summed E-state index contributed by atoms with van der Waals surface area (Å²) in [5.41, 5.74) is 7.71. The lowest BCUT2D eigenvalue weighted by Crippen LogP contribution is -2.23. The number of methoxy groups -OCH3 is 2. The summed E-state index contributed by atoms with van der Waals surface area (Å²) in [5.74, 6) is 2.30. The molecular formula is C20H26N4O3. The van der Waals surface area contributed by atoms with Crippen molar-refractivity contribution in [1.82, 2.24) is 4.98 Å². The smallest absolute Gasteiger partial charge is 0.213 e. The number of guanidine groups is 1. The third-order valence-corrected chi connectivity index (χ3v) is 4.49. The summed E-state index contributed by atoms with van der Waals surface area (Å²) in [6.07, 6.45) is 6.68. The molecule has 1 aromatic carbocycles. The maximum absolute atomic E-state index is 6.03. The maximum atomic E-state index is 6.03. The van der Waals surface area contributed by atoms with E-state index in [1.54, 1.807) is 26.5 Å². The molecular weight excluding hydrogens is 344 g/mol. The van der Waals surface area contributed by atoms with Crippen molar-refractivity contribution in [2.45, 2.75) is 38.3 Å². The highest BCUT2D eigenvalue weighted by molar-refractivity contribution is 5.94. The number of benzene rings is 1. The molecule has 1 aliphatic carbocycles. The molecule has 1 aliphatic rings. The summed E-state index contributed by atoms with van der Waals surface area (Å²) in [7, 11) is 3.21. The Hall–Kier alpha value is -2.96. The first-order valence-electron chi connectivity index (χ1n) is 9.08. The summed E-state index contributed by atoms with van der Waals surface area (Å²) >= 11 is 0. The molecule has 27 heavy (non-hydrogen) atoms. The lowest BCUT2D eigenvalue weighted by atomic mass is 10.2. The molecule has 144 valence electrons. The van der Waals surface area contributed by atoms with Crippen LogP contribution in [0.25, 0.3) is 0 Å². The first kappa shape index (κ1) is 18.8. The number of pyridine rings is 1. The minimum absolute atomic E-state index is 0.281. The van der Waals surface area contributed by atoms with E-state index in [4.69, 9.17) is 19.9 Å². The van der Waals surface area contributed by atoms with Gasteiger partial charge in [-0.25, -0.2) is 9.98 Å². The molecule has 1 heterocycles. The Bertz CT molecular complexity index is 789. The van der Waals surface area contributed by atoms with Crippen molar-refractivity contribution in [3.8, 4) is 17.4 Å². The average Bonchev–Trinajstić information content (AvgIpc) is 3.19. The van der Waals surface area contributed by atoms with Crippen molar-refractivity contribution in [2.75, 3.05) is 19.5 Å². The van der Waals surface area contributed by atoms with Gasteiger partial charge in [-0.15, -0.1) is 0 Å². The highest BCUT2D eigenvalue weighted by Gasteiger charge is 2.17. The van der Waals surface area contributed by atoms with Crippen LogP contribution in [0.4, 0.5) is 5.69 Å². The van der Waals surface area contributed by atoms with Gasteiger partial charge >= 0.3 is 0 Å². The van der Waals surface area contributed by atoms with Crippen LogP contribution in [-0.4, -0.2) is 31.3 Å². The second-order valence-electron chi connectivity index (χ2n) is 6.42. The number of aromatic nitrogens is 1. The normalized spacial score (nSPS) is 14.8. The lowest BCUT2D eigenvalue weighted by molar-refractivity contribution is 0.201. The lowest BCUT2D eigenvalue weighted by Gasteiger charge is -2.13. The van der Waals surface area contributed by atoms with Gasteiger partial charge in [0.25, 0.3) is 0 Å². The number of ether oxygens (including phenoxy) is 3. The number of hydrogen-bond acceptors (Lipinski definition) is 5. The SMILES string of the molecule is COc1ccc(OC)c(NC(N)=NCc2ccnc(OC3CCCC3)c2)c1. The minimum atomic E-state index is 0.281. The zero-order chi connectivity index (χ0) is 19.1. The van der Waals surface area contributed by atoms with Crippen LogP contribution in [-0.2, 0) is 6.54 Å². The Morgan fingerprint density at radius 3 is 2.74 bits per heavy atom. The maximum Gasteiger partial charge on any atom is 0.213 e. The molecule has 0 spiro atoms. The second-order valence-corrected chi connectivity index (χ2v) is 6.42. The van der Waals surface area contributed by atoms with Crippen LogP contribution < -0.4 is 25.3 Å². The second kappa shape index (κ2) is 9.12. The highest BCUT2D eigenvalue weighted by atomic mass is 16.5. The van der Waals surface area contributed by atoms with Gasteiger partial charge in [0.1, 0.15) is 17.6 Å². The zero-order valence-electron chi connectivity index (χ0n) is 15.8. The Kier molecular flexibility index (Phi) is 6.35. The molecule has 3 N–H and O–H groups in total. The Morgan fingerprint density at radius 1 is 1.19 bits per heavy atom. The number of nitrogens with two attached hydrogens (primary N) is 1. The number of hydrogen-bond donors (Lipinski definition) is 2. The molecule has 7 nitrogen and oxygen atoms in total. The van der Waals surface area contributed by atoms with Crippen molar-refractivity contribution in [1.29, 1.82) is 0 Å². The molecule has 1 aromatic heterocycles. The third kappa shape index (κ3) is 5.26. The number of rotatable bonds is 7. The first-order valence-corrected chi connectivity index (χ1v) is 9.08. The van der Waals surface area contributed by atoms with Gasteiger partial charge in [0.15, 0.2) is 5.96 Å². The summed E-state index contributed by atoms with van der Waals surface area (Å²) in [5, 5.41) is 3.06. The van der Waals surface area contributed by atoms with E-state index in [1.807, 2.05) is 24.3 Å². The fourth-order valence-corrected chi connectivity index (χ4v) is 3.06. The third-order valence-electron chi connectivity index (χ3n) is 4.49. The van der Waals surface area contributed by atoms with Crippen LogP contribution >= 0.6 is 0 Å². The largest absolute Gasteiger partial charge is 0.497 e. The molecule has 0 aliphatic heterocycles. The van der Waals surface area contributed by atoms with E-state index in [0.717, 1.165) is 18.4 Å². The van der Waals surface area contributed by atoms with Crippen LogP contribution in [0.1, 0.15) is 31.2 Å². The van der Waals surface area contributed by atoms with Gasteiger partial charge in [-0.1, -0.05) is 0 Å². The summed E-state index contributed by atoms with van der Waals surface area (Å²) in [6, 6.07) is 9.26. The molecule has 0 unspecified atom stereocenters. The van der Waals surface area contributed by atoms with Crippen LogP contribution in [0.2, 0.25) is 0 Å². The standard InChI is InChI=1S/C20H26N4O3/c1-25-16-7-8-18(26-2)17(12-16)24-20(21)23-13-14-9-10-22-19(11-14)27-15-5-3-4-6-15/h7-12,15H,3-6,13H2,1-2H3,(H3,21,23,24). The summed E-state index contributed by atoms with van der Waals surface area (Å²) in [6.45, 7) is 0.425. The molecule has 1 saturated carbocycles. The quantitative estimate of drug-likeness (QED) is 0.574. The predicted molar refractivity (Wildman–Crippen MR) is 106 cm³/mol. The number of nitrogens with one attached hydrogen (secondary N) is 1.